The minimum Gasteiger partial charge on any atom is -0.307 e. The van der Waals surface area contributed by atoms with E-state index in [0.717, 1.165) is 6.54 Å². The van der Waals surface area contributed by atoms with E-state index in [4.69, 9.17) is 4.99 Å². The van der Waals surface area contributed by atoms with Crippen molar-refractivity contribution in [2.24, 2.45) is 4.99 Å². The molecule has 0 radical (unpaired) electrons. The fraction of sp³-hybridized carbons (Fsp3) is 0.720. The average Bonchev–Trinajstić information content (AvgIpc) is 2.60. The molecule has 0 atom stereocenters. The quantitative estimate of drug-likeness (QED) is 0.294. The Labute approximate surface area is 169 Å². The third kappa shape index (κ3) is 7.78. The number of para-hydroxylation sites is 1. The molecule has 0 saturated heterocycles. The second kappa shape index (κ2) is 11.6. The summed E-state index contributed by atoms with van der Waals surface area (Å²) in [5.41, 5.74) is 4.99. The Balaban J connectivity index is 2.84. The summed E-state index contributed by atoms with van der Waals surface area (Å²) in [6.07, 6.45) is 8.01. The van der Waals surface area contributed by atoms with Gasteiger partial charge in [0.05, 0.1) is 11.2 Å². The van der Waals surface area contributed by atoms with Crippen LogP contribution >= 0.6 is 0 Å². The Bertz CT molecular complexity index is 556. The lowest BCUT2D eigenvalue weighted by Crippen LogP contribution is -2.46. The zero-order chi connectivity index (χ0) is 20.4. The molecule has 0 fully saturated rings. The molecule has 0 aliphatic rings. The number of nitrogens with zero attached hydrogens (tertiary/aromatic N) is 1. The molecule has 0 amide bonds. The Kier molecular flexibility index (Phi) is 10.3. The number of unbranched alkanes of at least 4 members (excludes halogenated alkanes) is 5. The van der Waals surface area contributed by atoms with Crippen LogP contribution in [-0.4, -0.2) is 17.8 Å². The van der Waals surface area contributed by atoms with Crippen molar-refractivity contribution in [2.45, 2.75) is 111 Å². The molecule has 1 aromatic rings. The van der Waals surface area contributed by atoms with Crippen LogP contribution in [0.1, 0.15) is 117 Å². The summed E-state index contributed by atoms with van der Waals surface area (Å²) < 4.78 is 0. The first kappa shape index (κ1) is 23.9. The summed E-state index contributed by atoms with van der Waals surface area (Å²) in [7, 11) is 0. The van der Waals surface area contributed by atoms with E-state index < -0.39 is 0 Å². The van der Waals surface area contributed by atoms with Crippen molar-refractivity contribution in [2.75, 3.05) is 6.54 Å². The first-order valence-electron chi connectivity index (χ1n) is 11.1. The van der Waals surface area contributed by atoms with Gasteiger partial charge in [-0.05, 0) is 56.7 Å². The maximum absolute atomic E-state index is 5.17. The second-order valence-electron chi connectivity index (χ2n) is 9.11. The van der Waals surface area contributed by atoms with Crippen LogP contribution in [0, 0.1) is 0 Å². The van der Waals surface area contributed by atoms with Gasteiger partial charge < -0.3 is 5.32 Å². The van der Waals surface area contributed by atoms with E-state index in [1.807, 2.05) is 0 Å². The van der Waals surface area contributed by atoms with E-state index in [9.17, 15) is 0 Å². The molecule has 1 rings (SSSR count). The Morgan fingerprint density at radius 3 is 1.96 bits per heavy atom. The van der Waals surface area contributed by atoms with E-state index in [2.05, 4.69) is 78.9 Å². The highest BCUT2D eigenvalue weighted by Crippen LogP contribution is 2.35. The van der Waals surface area contributed by atoms with Crippen molar-refractivity contribution >= 4 is 11.4 Å². The highest BCUT2D eigenvalue weighted by Gasteiger charge is 2.22. The van der Waals surface area contributed by atoms with Crippen LogP contribution in [0.5, 0.6) is 0 Å². The number of benzene rings is 1. The lowest BCUT2D eigenvalue weighted by Gasteiger charge is -2.27. The largest absolute Gasteiger partial charge is 0.307 e. The van der Waals surface area contributed by atoms with Crippen molar-refractivity contribution < 1.29 is 0 Å². The van der Waals surface area contributed by atoms with Gasteiger partial charge in [0, 0.05) is 5.71 Å². The smallest absolute Gasteiger partial charge is 0.0698 e. The average molecular weight is 373 g/mol. The van der Waals surface area contributed by atoms with Crippen LogP contribution < -0.4 is 5.32 Å². The standard InChI is InChI=1S/C25H44N2/c1-9-10-11-12-13-14-18-26-25(7,8)21(6)27-24-22(19(2)3)16-15-17-23(24)20(4)5/h15-17,19-20,26H,9-14,18H2,1-8H3. The van der Waals surface area contributed by atoms with Crippen molar-refractivity contribution in [1.82, 2.24) is 5.32 Å². The molecular weight excluding hydrogens is 328 g/mol. The maximum Gasteiger partial charge on any atom is 0.0698 e. The number of hydrogen-bond donors (Lipinski definition) is 1. The monoisotopic (exact) mass is 372 g/mol. The van der Waals surface area contributed by atoms with E-state index >= 15 is 0 Å². The van der Waals surface area contributed by atoms with E-state index in [1.165, 1.54) is 61.1 Å². The third-order valence-electron chi connectivity index (χ3n) is 5.62. The van der Waals surface area contributed by atoms with E-state index in [1.54, 1.807) is 0 Å². The predicted molar refractivity (Wildman–Crippen MR) is 123 cm³/mol. The van der Waals surface area contributed by atoms with Gasteiger partial charge in [0.15, 0.2) is 0 Å². The summed E-state index contributed by atoms with van der Waals surface area (Å²) in [6.45, 7) is 19.1. The molecule has 0 aliphatic heterocycles. The molecule has 0 aliphatic carbocycles. The van der Waals surface area contributed by atoms with Crippen LogP contribution in [-0.2, 0) is 0 Å². The van der Waals surface area contributed by atoms with Gasteiger partial charge in [0.2, 0.25) is 0 Å². The Morgan fingerprint density at radius 2 is 1.44 bits per heavy atom. The molecule has 0 spiro atoms. The fourth-order valence-corrected chi connectivity index (χ4v) is 3.38. The van der Waals surface area contributed by atoms with E-state index in [0.29, 0.717) is 11.8 Å². The molecule has 2 nitrogen and oxygen atoms in total. The first-order valence-corrected chi connectivity index (χ1v) is 11.1. The third-order valence-corrected chi connectivity index (χ3v) is 5.62. The number of aliphatic imine (C=N–C) groups is 1. The number of rotatable bonds is 12. The lowest BCUT2D eigenvalue weighted by atomic mass is 9.92. The molecule has 0 heterocycles. The lowest BCUT2D eigenvalue weighted by molar-refractivity contribution is 0.480. The number of nitrogens with one attached hydrogen (secondary N) is 1. The van der Waals surface area contributed by atoms with E-state index in [-0.39, 0.29) is 5.54 Å². The van der Waals surface area contributed by atoms with Crippen molar-refractivity contribution in [3.63, 3.8) is 0 Å². The predicted octanol–water partition coefficient (Wildman–Crippen LogP) is 7.75. The molecule has 154 valence electrons. The minimum atomic E-state index is -0.0816. The van der Waals surface area contributed by atoms with Crippen LogP contribution in [0.3, 0.4) is 0 Å². The van der Waals surface area contributed by atoms with Gasteiger partial charge >= 0.3 is 0 Å². The summed E-state index contributed by atoms with van der Waals surface area (Å²) in [6, 6.07) is 6.65. The molecule has 27 heavy (non-hydrogen) atoms. The first-order chi connectivity index (χ1) is 12.7. The molecule has 0 saturated carbocycles. The molecule has 0 unspecified atom stereocenters. The van der Waals surface area contributed by atoms with Crippen LogP contribution in [0.15, 0.2) is 23.2 Å². The van der Waals surface area contributed by atoms with Crippen molar-refractivity contribution in [3.8, 4) is 0 Å². The van der Waals surface area contributed by atoms with Gasteiger partial charge in [-0.2, -0.15) is 0 Å². The fourth-order valence-electron chi connectivity index (χ4n) is 3.38. The molecule has 1 N–H and O–H groups in total. The van der Waals surface area contributed by atoms with Crippen LogP contribution in [0.25, 0.3) is 0 Å². The zero-order valence-corrected chi connectivity index (χ0v) is 19.3. The molecule has 0 bridgehead atoms. The van der Waals surface area contributed by atoms with Gasteiger partial charge in [-0.3, -0.25) is 4.99 Å². The molecular formula is C25H44N2. The van der Waals surface area contributed by atoms with Crippen LogP contribution in [0.4, 0.5) is 5.69 Å². The zero-order valence-electron chi connectivity index (χ0n) is 19.3. The number of hydrogen-bond acceptors (Lipinski definition) is 2. The summed E-state index contributed by atoms with van der Waals surface area (Å²) in [5.74, 6) is 0.962. The maximum atomic E-state index is 5.17. The van der Waals surface area contributed by atoms with Gasteiger partial charge in [0.1, 0.15) is 0 Å². The topological polar surface area (TPSA) is 24.4 Å². The molecule has 1 aromatic carbocycles. The van der Waals surface area contributed by atoms with Gasteiger partial charge in [-0.1, -0.05) is 84.9 Å². The summed E-state index contributed by atoms with van der Waals surface area (Å²) >= 11 is 0. The Morgan fingerprint density at radius 1 is 0.926 bits per heavy atom. The normalized spacial score (nSPS) is 13.0. The Hall–Kier alpha value is -1.15. The minimum absolute atomic E-state index is 0.0816. The van der Waals surface area contributed by atoms with Gasteiger partial charge in [-0.15, -0.1) is 0 Å². The SMILES string of the molecule is CCCCCCCCNC(C)(C)C(C)=Nc1c(C(C)C)cccc1C(C)C. The highest BCUT2D eigenvalue weighted by atomic mass is 15.0. The van der Waals surface area contributed by atoms with Crippen molar-refractivity contribution in [3.05, 3.63) is 29.3 Å². The second-order valence-corrected chi connectivity index (χ2v) is 9.11. The molecule has 0 aromatic heterocycles. The van der Waals surface area contributed by atoms with Gasteiger partial charge in [0.25, 0.3) is 0 Å². The molecule has 2 heteroatoms. The summed E-state index contributed by atoms with van der Waals surface area (Å²) in [5, 5.41) is 3.74. The summed E-state index contributed by atoms with van der Waals surface area (Å²) in [4.78, 5) is 5.17. The van der Waals surface area contributed by atoms with Crippen molar-refractivity contribution in [1.29, 1.82) is 0 Å². The van der Waals surface area contributed by atoms with Gasteiger partial charge in [-0.25, -0.2) is 0 Å². The highest BCUT2D eigenvalue weighted by molar-refractivity contribution is 5.93. The van der Waals surface area contributed by atoms with Crippen LogP contribution in [0.2, 0.25) is 0 Å².